The van der Waals surface area contributed by atoms with Crippen LogP contribution in [0.2, 0.25) is 0 Å². The molecule has 0 fully saturated rings. The summed E-state index contributed by atoms with van der Waals surface area (Å²) in [7, 11) is 0. The molecule has 3 nitrogen and oxygen atoms in total. The lowest BCUT2D eigenvalue weighted by atomic mass is 10.1. The van der Waals surface area contributed by atoms with E-state index >= 15 is 0 Å². The Labute approximate surface area is 121 Å². The van der Waals surface area contributed by atoms with E-state index in [2.05, 4.69) is 0 Å². The van der Waals surface area contributed by atoms with Crippen molar-refractivity contribution < 1.29 is 4.79 Å². The van der Waals surface area contributed by atoms with Gasteiger partial charge in [0.2, 0.25) is 0 Å². The first-order chi connectivity index (χ1) is 9.72. The SMILES string of the molecule is Cc1ccsc1C(=O)n1cc(CCN)c2ccccc21. The summed E-state index contributed by atoms with van der Waals surface area (Å²) in [6, 6.07) is 9.96. The van der Waals surface area contributed by atoms with Crippen LogP contribution in [0.5, 0.6) is 0 Å². The average molecular weight is 284 g/mol. The van der Waals surface area contributed by atoms with Gasteiger partial charge in [0.25, 0.3) is 5.91 Å². The van der Waals surface area contributed by atoms with E-state index in [1.165, 1.54) is 11.3 Å². The minimum absolute atomic E-state index is 0.0389. The number of nitrogens with zero attached hydrogens (tertiary/aromatic N) is 1. The summed E-state index contributed by atoms with van der Waals surface area (Å²) in [5.41, 5.74) is 8.77. The third kappa shape index (κ3) is 2.07. The molecule has 0 unspecified atom stereocenters. The number of thiophene rings is 1. The number of rotatable bonds is 3. The van der Waals surface area contributed by atoms with Gasteiger partial charge in [-0.05, 0) is 48.5 Å². The van der Waals surface area contributed by atoms with Crippen molar-refractivity contribution in [1.29, 1.82) is 0 Å². The first-order valence-corrected chi connectivity index (χ1v) is 7.48. The average Bonchev–Trinajstić information content (AvgIpc) is 3.03. The summed E-state index contributed by atoms with van der Waals surface area (Å²) in [6.07, 6.45) is 2.71. The van der Waals surface area contributed by atoms with Gasteiger partial charge >= 0.3 is 0 Å². The molecular formula is C16H16N2OS. The fourth-order valence-corrected chi connectivity index (χ4v) is 3.34. The molecule has 4 heteroatoms. The first kappa shape index (κ1) is 13.1. The smallest absolute Gasteiger partial charge is 0.272 e. The van der Waals surface area contributed by atoms with Crippen LogP contribution in [0.15, 0.2) is 41.9 Å². The Morgan fingerprint density at radius 1 is 1.30 bits per heavy atom. The van der Waals surface area contributed by atoms with Crippen molar-refractivity contribution in [2.75, 3.05) is 6.54 Å². The topological polar surface area (TPSA) is 48.0 Å². The number of aryl methyl sites for hydroxylation is 1. The molecule has 0 aliphatic heterocycles. The highest BCUT2D eigenvalue weighted by molar-refractivity contribution is 7.12. The molecule has 0 spiro atoms. The zero-order valence-electron chi connectivity index (χ0n) is 11.3. The maximum absolute atomic E-state index is 12.7. The van der Waals surface area contributed by atoms with Crippen molar-refractivity contribution in [2.45, 2.75) is 13.3 Å². The Bertz CT molecular complexity index is 770. The van der Waals surface area contributed by atoms with Crippen molar-refractivity contribution >= 4 is 28.1 Å². The molecule has 0 saturated heterocycles. The molecule has 1 aromatic carbocycles. The fourth-order valence-electron chi connectivity index (χ4n) is 2.47. The van der Waals surface area contributed by atoms with Crippen LogP contribution in [-0.2, 0) is 6.42 Å². The van der Waals surface area contributed by atoms with Crippen molar-refractivity contribution in [3.63, 3.8) is 0 Å². The quantitative estimate of drug-likeness (QED) is 0.803. The van der Waals surface area contributed by atoms with Crippen LogP contribution in [0.1, 0.15) is 20.8 Å². The van der Waals surface area contributed by atoms with Crippen molar-refractivity contribution in [2.24, 2.45) is 5.73 Å². The normalized spacial score (nSPS) is 11.1. The summed E-state index contributed by atoms with van der Waals surface area (Å²) in [5, 5.41) is 3.07. The second kappa shape index (κ2) is 5.23. The molecule has 2 N–H and O–H groups in total. The van der Waals surface area contributed by atoms with Gasteiger partial charge in [-0.25, -0.2) is 0 Å². The highest BCUT2D eigenvalue weighted by atomic mass is 32.1. The number of benzene rings is 1. The van der Waals surface area contributed by atoms with E-state index in [9.17, 15) is 4.79 Å². The van der Waals surface area contributed by atoms with E-state index in [1.807, 2.05) is 48.8 Å². The number of carbonyl (C=O) groups excluding carboxylic acids is 1. The van der Waals surface area contributed by atoms with E-state index in [0.29, 0.717) is 6.54 Å². The highest BCUT2D eigenvalue weighted by Gasteiger charge is 2.17. The van der Waals surface area contributed by atoms with Crippen LogP contribution < -0.4 is 5.73 Å². The number of para-hydroxylation sites is 1. The van der Waals surface area contributed by atoms with Gasteiger partial charge in [-0.15, -0.1) is 11.3 Å². The minimum Gasteiger partial charge on any atom is -0.330 e. The van der Waals surface area contributed by atoms with Gasteiger partial charge in [-0.3, -0.25) is 9.36 Å². The summed E-state index contributed by atoms with van der Waals surface area (Å²) in [4.78, 5) is 13.5. The second-order valence-corrected chi connectivity index (χ2v) is 5.73. The number of aromatic nitrogens is 1. The van der Waals surface area contributed by atoms with Gasteiger partial charge in [0.15, 0.2) is 0 Å². The van der Waals surface area contributed by atoms with Gasteiger partial charge in [0.1, 0.15) is 0 Å². The zero-order chi connectivity index (χ0) is 14.1. The maximum Gasteiger partial charge on any atom is 0.272 e. The van der Waals surface area contributed by atoms with E-state index < -0.39 is 0 Å². The van der Waals surface area contributed by atoms with Crippen LogP contribution in [0, 0.1) is 6.92 Å². The van der Waals surface area contributed by atoms with Crippen LogP contribution >= 0.6 is 11.3 Å². The van der Waals surface area contributed by atoms with Crippen molar-refractivity contribution in [3.8, 4) is 0 Å². The fraction of sp³-hybridized carbons (Fsp3) is 0.188. The molecule has 0 atom stereocenters. The first-order valence-electron chi connectivity index (χ1n) is 6.60. The third-order valence-corrected chi connectivity index (χ3v) is 4.49. The Kier molecular flexibility index (Phi) is 3.42. The molecule has 0 aliphatic carbocycles. The van der Waals surface area contributed by atoms with Crippen LogP contribution in [0.4, 0.5) is 0 Å². The molecule has 20 heavy (non-hydrogen) atoms. The number of carbonyl (C=O) groups is 1. The molecule has 2 aromatic heterocycles. The molecule has 0 bridgehead atoms. The molecule has 0 saturated carbocycles. The number of hydrogen-bond donors (Lipinski definition) is 1. The van der Waals surface area contributed by atoms with E-state index in [1.54, 1.807) is 4.57 Å². The largest absolute Gasteiger partial charge is 0.330 e. The monoisotopic (exact) mass is 284 g/mol. The lowest BCUT2D eigenvalue weighted by Gasteiger charge is -2.03. The molecule has 0 aliphatic rings. The van der Waals surface area contributed by atoms with E-state index in [0.717, 1.165) is 33.3 Å². The Hall–Kier alpha value is -1.91. The lowest BCUT2D eigenvalue weighted by molar-refractivity contribution is 0.0968. The van der Waals surface area contributed by atoms with Crippen LogP contribution in [-0.4, -0.2) is 17.0 Å². The molecule has 102 valence electrons. The van der Waals surface area contributed by atoms with Gasteiger partial charge in [0, 0.05) is 11.6 Å². The Balaban J connectivity index is 2.17. The summed E-state index contributed by atoms with van der Waals surface area (Å²) in [6.45, 7) is 2.55. The van der Waals surface area contributed by atoms with Gasteiger partial charge in [0.05, 0.1) is 10.4 Å². The Morgan fingerprint density at radius 3 is 2.80 bits per heavy atom. The minimum atomic E-state index is 0.0389. The molecule has 0 radical (unpaired) electrons. The molecular weight excluding hydrogens is 268 g/mol. The third-order valence-electron chi connectivity index (χ3n) is 3.48. The summed E-state index contributed by atoms with van der Waals surface area (Å²) < 4.78 is 1.75. The lowest BCUT2D eigenvalue weighted by Crippen LogP contribution is -2.10. The van der Waals surface area contributed by atoms with Crippen molar-refractivity contribution in [1.82, 2.24) is 4.57 Å². The standard InChI is InChI=1S/C16H16N2OS/c1-11-7-9-20-15(11)16(19)18-10-12(6-8-17)13-4-2-3-5-14(13)18/h2-5,7,9-10H,6,8,17H2,1H3. The van der Waals surface area contributed by atoms with Crippen LogP contribution in [0.25, 0.3) is 10.9 Å². The Morgan fingerprint density at radius 2 is 2.10 bits per heavy atom. The second-order valence-electron chi connectivity index (χ2n) is 4.82. The van der Waals surface area contributed by atoms with E-state index in [-0.39, 0.29) is 5.91 Å². The predicted molar refractivity (Wildman–Crippen MR) is 83.5 cm³/mol. The van der Waals surface area contributed by atoms with E-state index in [4.69, 9.17) is 5.73 Å². The summed E-state index contributed by atoms with van der Waals surface area (Å²) in [5.74, 6) is 0.0389. The maximum atomic E-state index is 12.7. The van der Waals surface area contributed by atoms with Crippen molar-refractivity contribution in [3.05, 3.63) is 57.9 Å². The summed E-state index contributed by atoms with van der Waals surface area (Å²) >= 11 is 1.49. The van der Waals surface area contributed by atoms with Gasteiger partial charge < -0.3 is 5.73 Å². The highest BCUT2D eigenvalue weighted by Crippen LogP contribution is 2.25. The number of nitrogens with two attached hydrogens (primary N) is 1. The molecule has 3 rings (SSSR count). The zero-order valence-corrected chi connectivity index (χ0v) is 12.1. The molecule has 3 aromatic rings. The van der Waals surface area contributed by atoms with Gasteiger partial charge in [-0.1, -0.05) is 18.2 Å². The predicted octanol–water partition coefficient (Wildman–Crippen LogP) is 3.20. The van der Waals surface area contributed by atoms with Gasteiger partial charge in [-0.2, -0.15) is 0 Å². The molecule has 2 heterocycles. The number of fused-ring (bicyclic) bond motifs is 1. The molecule has 0 amide bonds. The number of hydrogen-bond acceptors (Lipinski definition) is 3. The van der Waals surface area contributed by atoms with Crippen LogP contribution in [0.3, 0.4) is 0 Å².